The lowest BCUT2D eigenvalue weighted by Crippen LogP contribution is -2.10. The average molecular weight is 336 g/mol. The normalized spacial score (nSPS) is 17.2. The summed E-state index contributed by atoms with van der Waals surface area (Å²) in [5.74, 6) is 2.35. The molecule has 4 heteroatoms. The first kappa shape index (κ1) is 12.9. The third-order valence-corrected chi connectivity index (χ3v) is 5.33. The second kappa shape index (κ2) is 5.47. The molecule has 2 nitrogen and oxygen atoms in total. The molecule has 98 valence electrons. The van der Waals surface area contributed by atoms with Gasteiger partial charge in [0.05, 0.1) is 11.1 Å². The van der Waals surface area contributed by atoms with Crippen molar-refractivity contribution in [3.8, 4) is 5.75 Å². The maximum Gasteiger partial charge on any atom is 0.135 e. The highest BCUT2D eigenvalue weighted by molar-refractivity contribution is 9.10. The summed E-state index contributed by atoms with van der Waals surface area (Å²) in [5, 5.41) is 0. The van der Waals surface area contributed by atoms with Gasteiger partial charge in [-0.1, -0.05) is 24.3 Å². The van der Waals surface area contributed by atoms with Crippen molar-refractivity contribution in [2.75, 3.05) is 18.1 Å². The SMILES string of the molecule is Nc1cccc(OCC2CSc3ccccc32)c1Br. The number of ether oxygens (including phenoxy) is 1. The lowest BCUT2D eigenvalue weighted by atomic mass is 10.0. The number of fused-ring (bicyclic) bond motifs is 1. The molecule has 0 radical (unpaired) electrons. The maximum atomic E-state index is 5.92. The molecule has 0 amide bonds. The Morgan fingerprint density at radius 2 is 2.05 bits per heavy atom. The number of nitrogens with two attached hydrogens (primary N) is 1. The van der Waals surface area contributed by atoms with Gasteiger partial charge in [0.1, 0.15) is 5.75 Å². The molecule has 2 aromatic carbocycles. The molecule has 0 fully saturated rings. The first-order valence-electron chi connectivity index (χ1n) is 6.14. The zero-order chi connectivity index (χ0) is 13.2. The summed E-state index contributed by atoms with van der Waals surface area (Å²) in [4.78, 5) is 1.38. The van der Waals surface area contributed by atoms with Crippen LogP contribution in [0.5, 0.6) is 5.75 Å². The van der Waals surface area contributed by atoms with Gasteiger partial charge in [0.25, 0.3) is 0 Å². The quantitative estimate of drug-likeness (QED) is 0.849. The van der Waals surface area contributed by atoms with Crippen LogP contribution in [0.25, 0.3) is 0 Å². The van der Waals surface area contributed by atoms with Gasteiger partial charge in [-0.15, -0.1) is 11.8 Å². The average Bonchev–Trinajstić information content (AvgIpc) is 2.84. The van der Waals surface area contributed by atoms with Gasteiger partial charge in [0.2, 0.25) is 0 Å². The van der Waals surface area contributed by atoms with Crippen LogP contribution in [-0.4, -0.2) is 12.4 Å². The number of nitrogen functional groups attached to an aromatic ring is 1. The second-order valence-corrected chi connectivity index (χ2v) is 6.37. The summed E-state index contributed by atoms with van der Waals surface area (Å²) in [6.07, 6.45) is 0. The number of thioether (sulfide) groups is 1. The summed E-state index contributed by atoms with van der Waals surface area (Å²) in [6, 6.07) is 14.3. The third kappa shape index (κ3) is 2.60. The Bertz CT molecular complexity index is 602. The van der Waals surface area contributed by atoms with Crippen LogP contribution in [0.15, 0.2) is 51.8 Å². The van der Waals surface area contributed by atoms with E-state index in [4.69, 9.17) is 10.5 Å². The Morgan fingerprint density at radius 3 is 2.95 bits per heavy atom. The zero-order valence-electron chi connectivity index (χ0n) is 10.3. The van der Waals surface area contributed by atoms with Crippen molar-refractivity contribution >= 4 is 33.4 Å². The van der Waals surface area contributed by atoms with Crippen molar-refractivity contribution in [2.45, 2.75) is 10.8 Å². The first-order chi connectivity index (χ1) is 9.25. The van der Waals surface area contributed by atoms with Crippen molar-refractivity contribution in [2.24, 2.45) is 0 Å². The van der Waals surface area contributed by atoms with Gasteiger partial charge >= 0.3 is 0 Å². The van der Waals surface area contributed by atoms with Crippen molar-refractivity contribution in [1.82, 2.24) is 0 Å². The number of benzene rings is 2. The fourth-order valence-corrected chi connectivity index (χ4v) is 3.81. The highest BCUT2D eigenvalue weighted by Gasteiger charge is 2.23. The highest BCUT2D eigenvalue weighted by Crippen LogP contribution is 2.40. The largest absolute Gasteiger partial charge is 0.492 e. The first-order valence-corrected chi connectivity index (χ1v) is 7.92. The molecule has 1 aliphatic heterocycles. The van der Waals surface area contributed by atoms with Crippen LogP contribution in [0.1, 0.15) is 11.5 Å². The lowest BCUT2D eigenvalue weighted by molar-refractivity contribution is 0.296. The Morgan fingerprint density at radius 1 is 1.21 bits per heavy atom. The van der Waals surface area contributed by atoms with Gasteiger partial charge in [0, 0.05) is 22.3 Å². The zero-order valence-corrected chi connectivity index (χ0v) is 12.7. The topological polar surface area (TPSA) is 35.2 Å². The number of anilines is 1. The third-order valence-electron chi connectivity index (χ3n) is 3.23. The molecule has 0 saturated heterocycles. The second-order valence-electron chi connectivity index (χ2n) is 4.52. The number of hydrogen-bond acceptors (Lipinski definition) is 3. The minimum atomic E-state index is 0.453. The number of hydrogen-bond donors (Lipinski definition) is 1. The minimum Gasteiger partial charge on any atom is -0.492 e. The molecule has 1 heterocycles. The molecule has 1 atom stereocenters. The molecular formula is C15H14BrNOS. The van der Waals surface area contributed by atoms with E-state index in [0.717, 1.165) is 16.0 Å². The van der Waals surface area contributed by atoms with E-state index in [9.17, 15) is 0 Å². The Labute approximate surface area is 125 Å². The van der Waals surface area contributed by atoms with Gasteiger partial charge in [-0.3, -0.25) is 0 Å². The smallest absolute Gasteiger partial charge is 0.135 e. The molecule has 0 aromatic heterocycles. The van der Waals surface area contributed by atoms with Crippen LogP contribution in [0.4, 0.5) is 5.69 Å². The standard InChI is InChI=1S/C15H14BrNOS/c16-15-12(17)5-3-6-13(15)18-8-10-9-19-14-7-2-1-4-11(10)14/h1-7,10H,8-9,17H2. The summed E-state index contributed by atoms with van der Waals surface area (Å²) in [7, 11) is 0. The Balaban J connectivity index is 1.73. The molecule has 19 heavy (non-hydrogen) atoms. The monoisotopic (exact) mass is 335 g/mol. The molecule has 0 saturated carbocycles. The van der Waals surface area contributed by atoms with Crippen molar-refractivity contribution in [1.29, 1.82) is 0 Å². The van der Waals surface area contributed by atoms with Gasteiger partial charge < -0.3 is 10.5 Å². The highest BCUT2D eigenvalue weighted by atomic mass is 79.9. The van der Waals surface area contributed by atoms with E-state index in [0.29, 0.717) is 18.2 Å². The summed E-state index contributed by atoms with van der Waals surface area (Å²) in [5.41, 5.74) is 7.95. The Hall–Kier alpha value is -1.13. The van der Waals surface area contributed by atoms with Crippen molar-refractivity contribution < 1.29 is 4.74 Å². The van der Waals surface area contributed by atoms with Gasteiger partial charge in [-0.2, -0.15) is 0 Å². The van der Waals surface area contributed by atoms with Crippen LogP contribution < -0.4 is 10.5 Å². The molecule has 0 bridgehead atoms. The fourth-order valence-electron chi connectivity index (χ4n) is 2.20. The number of halogens is 1. The molecule has 2 aromatic rings. The van der Waals surface area contributed by atoms with Crippen LogP contribution in [0, 0.1) is 0 Å². The van der Waals surface area contributed by atoms with Gasteiger partial charge in [-0.25, -0.2) is 0 Å². The van der Waals surface area contributed by atoms with E-state index >= 15 is 0 Å². The van der Waals surface area contributed by atoms with Crippen molar-refractivity contribution in [3.05, 3.63) is 52.5 Å². The molecule has 1 aliphatic rings. The van der Waals surface area contributed by atoms with E-state index in [1.807, 2.05) is 30.0 Å². The van der Waals surface area contributed by atoms with E-state index in [-0.39, 0.29) is 0 Å². The predicted octanol–water partition coefficient (Wildman–Crippen LogP) is 4.30. The van der Waals surface area contributed by atoms with Crippen LogP contribution in [0.3, 0.4) is 0 Å². The molecule has 0 spiro atoms. The van der Waals surface area contributed by atoms with E-state index in [1.54, 1.807) is 0 Å². The molecule has 1 unspecified atom stereocenters. The predicted molar refractivity (Wildman–Crippen MR) is 84.0 cm³/mol. The van der Waals surface area contributed by atoms with E-state index < -0.39 is 0 Å². The van der Waals surface area contributed by atoms with Crippen LogP contribution in [0.2, 0.25) is 0 Å². The Kier molecular flexibility index (Phi) is 3.71. The minimum absolute atomic E-state index is 0.453. The lowest BCUT2D eigenvalue weighted by Gasteiger charge is -2.14. The summed E-state index contributed by atoms with van der Waals surface area (Å²) < 4.78 is 6.76. The molecule has 2 N–H and O–H groups in total. The maximum absolute atomic E-state index is 5.92. The molecule has 3 rings (SSSR count). The van der Waals surface area contributed by atoms with E-state index in [2.05, 4.69) is 40.2 Å². The van der Waals surface area contributed by atoms with Gasteiger partial charge in [0.15, 0.2) is 0 Å². The molecular weight excluding hydrogens is 322 g/mol. The van der Waals surface area contributed by atoms with E-state index in [1.165, 1.54) is 10.5 Å². The van der Waals surface area contributed by atoms with Gasteiger partial charge in [-0.05, 0) is 39.7 Å². The molecule has 0 aliphatic carbocycles. The van der Waals surface area contributed by atoms with Crippen molar-refractivity contribution in [3.63, 3.8) is 0 Å². The van der Waals surface area contributed by atoms with Crippen LogP contribution in [-0.2, 0) is 0 Å². The summed E-state index contributed by atoms with van der Waals surface area (Å²) in [6.45, 7) is 0.687. The summed E-state index contributed by atoms with van der Waals surface area (Å²) >= 11 is 5.37. The fraction of sp³-hybridized carbons (Fsp3) is 0.200. The number of rotatable bonds is 3. The van der Waals surface area contributed by atoms with Crippen LogP contribution >= 0.6 is 27.7 Å².